The van der Waals surface area contributed by atoms with Crippen molar-refractivity contribution in [1.82, 2.24) is 10.6 Å². The lowest BCUT2D eigenvalue weighted by Gasteiger charge is -2.12. The molecule has 0 fully saturated rings. The van der Waals surface area contributed by atoms with Crippen molar-refractivity contribution in [2.24, 2.45) is 4.99 Å². The van der Waals surface area contributed by atoms with Crippen LogP contribution in [0.2, 0.25) is 0 Å². The first-order valence-corrected chi connectivity index (χ1v) is 7.84. The third-order valence-electron chi connectivity index (χ3n) is 3.67. The lowest BCUT2D eigenvalue weighted by molar-refractivity contribution is 0.414. The highest BCUT2D eigenvalue weighted by Gasteiger charge is 1.99. The van der Waals surface area contributed by atoms with Crippen LogP contribution in [-0.4, -0.2) is 26.7 Å². The predicted molar refractivity (Wildman–Crippen MR) is 111 cm³/mol. The molecule has 0 aromatic heterocycles. The van der Waals surface area contributed by atoms with Gasteiger partial charge in [-0.3, -0.25) is 4.99 Å². The standard InChI is InChI=1S/C19H25N3O.HI/c1-15-4-6-17(7-5-15)14-22-19(20-2)21-13-12-16-8-10-18(23-3)11-9-16;/h4-11H,12-14H2,1-3H3,(H2,20,21,22);1H. The van der Waals surface area contributed by atoms with Gasteiger partial charge in [0, 0.05) is 20.1 Å². The predicted octanol–water partition coefficient (Wildman–Crippen LogP) is 3.53. The van der Waals surface area contributed by atoms with Crippen LogP contribution in [0.3, 0.4) is 0 Å². The Labute approximate surface area is 161 Å². The zero-order valence-electron chi connectivity index (χ0n) is 14.5. The normalized spacial score (nSPS) is 10.7. The third-order valence-corrected chi connectivity index (χ3v) is 3.67. The number of ether oxygens (including phenoxy) is 1. The number of guanidine groups is 1. The van der Waals surface area contributed by atoms with Gasteiger partial charge in [-0.1, -0.05) is 42.0 Å². The van der Waals surface area contributed by atoms with E-state index in [1.165, 1.54) is 16.7 Å². The number of hydrogen-bond acceptors (Lipinski definition) is 2. The molecule has 0 radical (unpaired) electrons. The van der Waals surface area contributed by atoms with Crippen molar-refractivity contribution in [3.8, 4) is 5.75 Å². The van der Waals surface area contributed by atoms with E-state index >= 15 is 0 Å². The molecule has 2 aromatic rings. The van der Waals surface area contributed by atoms with Crippen molar-refractivity contribution < 1.29 is 4.74 Å². The summed E-state index contributed by atoms with van der Waals surface area (Å²) in [5.74, 6) is 1.70. The number of nitrogens with zero attached hydrogens (tertiary/aromatic N) is 1. The molecule has 0 unspecified atom stereocenters. The Bertz CT molecular complexity index is 624. The summed E-state index contributed by atoms with van der Waals surface area (Å²) in [6.45, 7) is 3.69. The molecule has 0 aliphatic heterocycles. The number of methoxy groups -OCH3 is 1. The Hall–Kier alpha value is -1.76. The molecule has 0 spiro atoms. The topological polar surface area (TPSA) is 45.7 Å². The maximum absolute atomic E-state index is 5.17. The van der Waals surface area contributed by atoms with Gasteiger partial charge in [-0.05, 0) is 36.6 Å². The number of aryl methyl sites for hydroxylation is 1. The Kier molecular flexibility index (Phi) is 9.22. The van der Waals surface area contributed by atoms with Crippen molar-refractivity contribution in [1.29, 1.82) is 0 Å². The first-order valence-electron chi connectivity index (χ1n) is 7.84. The van der Waals surface area contributed by atoms with E-state index in [1.807, 2.05) is 12.1 Å². The van der Waals surface area contributed by atoms with Gasteiger partial charge in [-0.15, -0.1) is 24.0 Å². The highest BCUT2D eigenvalue weighted by Crippen LogP contribution is 2.11. The molecule has 2 aromatic carbocycles. The van der Waals surface area contributed by atoms with Crippen molar-refractivity contribution in [2.75, 3.05) is 20.7 Å². The highest BCUT2D eigenvalue weighted by molar-refractivity contribution is 14.0. The van der Waals surface area contributed by atoms with E-state index in [0.29, 0.717) is 0 Å². The van der Waals surface area contributed by atoms with Crippen molar-refractivity contribution in [2.45, 2.75) is 19.9 Å². The van der Waals surface area contributed by atoms with Gasteiger partial charge >= 0.3 is 0 Å². The monoisotopic (exact) mass is 439 g/mol. The van der Waals surface area contributed by atoms with E-state index in [-0.39, 0.29) is 24.0 Å². The summed E-state index contributed by atoms with van der Waals surface area (Å²) in [5.41, 5.74) is 3.79. The van der Waals surface area contributed by atoms with Crippen LogP contribution in [0.1, 0.15) is 16.7 Å². The molecule has 130 valence electrons. The molecule has 0 heterocycles. The average molecular weight is 439 g/mol. The molecule has 0 aliphatic carbocycles. The zero-order valence-corrected chi connectivity index (χ0v) is 16.8. The van der Waals surface area contributed by atoms with Crippen LogP contribution in [0.5, 0.6) is 5.75 Å². The molecule has 5 heteroatoms. The van der Waals surface area contributed by atoms with Crippen LogP contribution in [-0.2, 0) is 13.0 Å². The van der Waals surface area contributed by atoms with Gasteiger partial charge in [0.05, 0.1) is 7.11 Å². The Morgan fingerprint density at radius 3 is 2.17 bits per heavy atom. The van der Waals surface area contributed by atoms with Gasteiger partial charge in [0.1, 0.15) is 5.75 Å². The fourth-order valence-corrected chi connectivity index (χ4v) is 2.23. The van der Waals surface area contributed by atoms with Crippen LogP contribution in [0.4, 0.5) is 0 Å². The molecule has 24 heavy (non-hydrogen) atoms. The van der Waals surface area contributed by atoms with Gasteiger partial charge in [0.2, 0.25) is 0 Å². The largest absolute Gasteiger partial charge is 0.497 e. The van der Waals surface area contributed by atoms with Crippen LogP contribution in [0, 0.1) is 6.92 Å². The van der Waals surface area contributed by atoms with E-state index in [0.717, 1.165) is 31.2 Å². The van der Waals surface area contributed by atoms with Crippen LogP contribution in [0.25, 0.3) is 0 Å². The molecule has 4 nitrogen and oxygen atoms in total. The quantitative estimate of drug-likeness (QED) is 0.411. The SMILES string of the molecule is CN=C(NCCc1ccc(OC)cc1)NCc1ccc(C)cc1.I. The minimum atomic E-state index is 0. The Morgan fingerprint density at radius 1 is 0.958 bits per heavy atom. The van der Waals surface area contributed by atoms with Crippen molar-refractivity contribution >= 4 is 29.9 Å². The molecular formula is C19H26IN3O. The maximum atomic E-state index is 5.17. The minimum Gasteiger partial charge on any atom is -0.497 e. The van der Waals surface area contributed by atoms with E-state index in [2.05, 4.69) is 58.9 Å². The molecule has 0 atom stereocenters. The number of nitrogens with one attached hydrogen (secondary N) is 2. The van der Waals surface area contributed by atoms with E-state index in [9.17, 15) is 0 Å². The van der Waals surface area contributed by atoms with Crippen LogP contribution >= 0.6 is 24.0 Å². The minimum absolute atomic E-state index is 0. The summed E-state index contributed by atoms with van der Waals surface area (Å²) >= 11 is 0. The molecule has 0 bridgehead atoms. The molecule has 2 rings (SSSR count). The molecule has 2 N–H and O–H groups in total. The lowest BCUT2D eigenvalue weighted by Crippen LogP contribution is -2.37. The van der Waals surface area contributed by atoms with Gasteiger partial charge < -0.3 is 15.4 Å². The molecule has 0 aliphatic rings. The fraction of sp³-hybridized carbons (Fsp3) is 0.316. The van der Waals surface area contributed by atoms with Crippen LogP contribution < -0.4 is 15.4 Å². The number of halogens is 1. The summed E-state index contributed by atoms with van der Waals surface area (Å²) in [6, 6.07) is 16.7. The smallest absolute Gasteiger partial charge is 0.191 e. The van der Waals surface area contributed by atoms with Gasteiger partial charge in [0.25, 0.3) is 0 Å². The number of hydrogen-bond donors (Lipinski definition) is 2. The maximum Gasteiger partial charge on any atom is 0.191 e. The summed E-state index contributed by atoms with van der Waals surface area (Å²) in [6.07, 6.45) is 0.940. The first-order chi connectivity index (χ1) is 11.2. The van der Waals surface area contributed by atoms with Gasteiger partial charge in [-0.25, -0.2) is 0 Å². The molecule has 0 saturated heterocycles. The van der Waals surface area contributed by atoms with Gasteiger partial charge in [-0.2, -0.15) is 0 Å². The Balaban J connectivity index is 0.00000288. The van der Waals surface area contributed by atoms with Crippen molar-refractivity contribution in [3.63, 3.8) is 0 Å². The van der Waals surface area contributed by atoms with E-state index in [4.69, 9.17) is 4.74 Å². The Morgan fingerprint density at radius 2 is 1.58 bits per heavy atom. The van der Waals surface area contributed by atoms with Crippen molar-refractivity contribution in [3.05, 3.63) is 65.2 Å². The summed E-state index contributed by atoms with van der Waals surface area (Å²) in [7, 11) is 3.47. The second-order valence-corrected chi connectivity index (χ2v) is 5.44. The number of rotatable bonds is 6. The van der Waals surface area contributed by atoms with E-state index in [1.54, 1.807) is 14.2 Å². The molecular weight excluding hydrogens is 413 g/mol. The second-order valence-electron chi connectivity index (χ2n) is 5.44. The van der Waals surface area contributed by atoms with Crippen LogP contribution in [0.15, 0.2) is 53.5 Å². The molecule has 0 amide bonds. The zero-order chi connectivity index (χ0) is 16.5. The number of aliphatic imine (C=N–C) groups is 1. The third kappa shape index (κ3) is 6.78. The highest BCUT2D eigenvalue weighted by atomic mass is 127. The second kappa shape index (κ2) is 10.9. The number of benzene rings is 2. The molecule has 0 saturated carbocycles. The average Bonchev–Trinajstić information content (AvgIpc) is 2.60. The summed E-state index contributed by atoms with van der Waals surface area (Å²) in [5, 5.41) is 6.66. The first kappa shape index (κ1) is 20.3. The summed E-state index contributed by atoms with van der Waals surface area (Å²) < 4.78 is 5.17. The summed E-state index contributed by atoms with van der Waals surface area (Å²) in [4.78, 5) is 4.25. The van der Waals surface area contributed by atoms with Gasteiger partial charge in [0.15, 0.2) is 5.96 Å². The fourth-order valence-electron chi connectivity index (χ4n) is 2.23. The lowest BCUT2D eigenvalue weighted by atomic mass is 10.1. The van der Waals surface area contributed by atoms with E-state index < -0.39 is 0 Å².